The van der Waals surface area contributed by atoms with E-state index in [1.54, 1.807) is 0 Å². The van der Waals surface area contributed by atoms with Gasteiger partial charge in [-0.15, -0.1) is 102 Å². The van der Waals surface area contributed by atoms with Gasteiger partial charge in [0.2, 0.25) is 0 Å². The molecule has 0 heterocycles. The van der Waals surface area contributed by atoms with Crippen molar-refractivity contribution in [3.05, 3.63) is 0 Å². The maximum Gasteiger partial charge on any atom is 0 e. The smallest absolute Gasteiger partial charge is 0 e. The molecule has 0 aliphatic carbocycles. The molecule has 0 nitrogen and oxygen atoms in total. The minimum absolute atomic E-state index is 0. The van der Waals surface area contributed by atoms with Gasteiger partial charge in [0.25, 0.3) is 0 Å². The quantitative estimate of drug-likeness (QED) is 0.385. The third-order valence-electron chi connectivity index (χ3n) is 0. The first-order valence-corrected chi connectivity index (χ1v) is 0. The van der Waals surface area contributed by atoms with Crippen molar-refractivity contribution < 1.29 is 21.1 Å². The summed E-state index contributed by atoms with van der Waals surface area (Å²) in [4.78, 5) is 0. The summed E-state index contributed by atoms with van der Waals surface area (Å²) in [6, 6.07) is 0. The maximum absolute atomic E-state index is 0. The van der Waals surface area contributed by atoms with Gasteiger partial charge in [0.15, 0.2) is 0 Å². The van der Waals surface area contributed by atoms with Gasteiger partial charge in [-0.25, -0.2) is 0 Å². The van der Waals surface area contributed by atoms with Crippen molar-refractivity contribution in [2.45, 2.75) is 0 Å². The Morgan fingerprint density at radius 1 is 0.286 bits per heavy atom. The van der Waals surface area contributed by atoms with E-state index in [0.29, 0.717) is 0 Å². The first-order valence-electron chi connectivity index (χ1n) is 0. The molecule has 0 fully saturated rings. The Labute approximate surface area is 121 Å². The minimum Gasteiger partial charge on any atom is -0.114 e. The van der Waals surface area contributed by atoms with Crippen LogP contribution in [0.2, 0.25) is 0 Å². The average molecular weight is 581 g/mol. The second-order valence-corrected chi connectivity index (χ2v) is 0. The monoisotopic (exact) mass is 577 g/mol. The summed E-state index contributed by atoms with van der Waals surface area (Å²) in [5.74, 6) is 0. The zero-order valence-corrected chi connectivity index (χ0v) is 15.1. The first kappa shape index (κ1) is 76.0. The van der Waals surface area contributed by atoms with Gasteiger partial charge in [0, 0.05) is 21.1 Å². The standard InChI is InChI=1S/6BrH.Mo/h6*1H;. The van der Waals surface area contributed by atoms with Crippen LogP contribution in [-0.4, -0.2) is 0 Å². The molecule has 54 valence electrons. The Morgan fingerprint density at radius 2 is 0.286 bits per heavy atom. The van der Waals surface area contributed by atoms with Crippen molar-refractivity contribution in [2.75, 3.05) is 0 Å². The van der Waals surface area contributed by atoms with Crippen molar-refractivity contribution in [3.8, 4) is 0 Å². The fourth-order valence-corrected chi connectivity index (χ4v) is 0. The number of hydrogen-bond donors (Lipinski definition) is 0. The number of hydrogen-bond acceptors (Lipinski definition) is 0. The number of rotatable bonds is 0. The van der Waals surface area contributed by atoms with E-state index in [9.17, 15) is 0 Å². The fraction of sp³-hybridized carbons (Fsp3) is 0. The summed E-state index contributed by atoms with van der Waals surface area (Å²) in [7, 11) is 0. The molecular weight excluding hydrogens is 575 g/mol. The second kappa shape index (κ2) is 55.2. The van der Waals surface area contributed by atoms with Crippen molar-refractivity contribution in [1.82, 2.24) is 0 Å². The van der Waals surface area contributed by atoms with Crippen LogP contribution in [0.1, 0.15) is 0 Å². The SMILES string of the molecule is Br.Br.Br.Br.Br.Br.[Mo]. The molecule has 0 unspecified atom stereocenters. The van der Waals surface area contributed by atoms with Gasteiger partial charge in [-0.05, 0) is 0 Å². The van der Waals surface area contributed by atoms with E-state index in [1.165, 1.54) is 0 Å². The van der Waals surface area contributed by atoms with E-state index in [-0.39, 0.29) is 123 Å². The molecule has 0 radical (unpaired) electrons. The Hall–Kier alpha value is 3.57. The minimum atomic E-state index is 0. The third-order valence-corrected chi connectivity index (χ3v) is 0. The molecule has 0 atom stereocenters. The van der Waals surface area contributed by atoms with Gasteiger partial charge in [0.1, 0.15) is 0 Å². The van der Waals surface area contributed by atoms with Crippen molar-refractivity contribution >= 4 is 102 Å². The van der Waals surface area contributed by atoms with Gasteiger partial charge < -0.3 is 0 Å². The van der Waals surface area contributed by atoms with Gasteiger partial charge >= 0.3 is 0 Å². The molecule has 0 aromatic rings. The van der Waals surface area contributed by atoms with E-state index >= 15 is 0 Å². The normalized spacial score (nSPS) is 0. The molecule has 0 aliphatic heterocycles. The summed E-state index contributed by atoms with van der Waals surface area (Å²) in [6.07, 6.45) is 0. The van der Waals surface area contributed by atoms with Crippen LogP contribution < -0.4 is 0 Å². The van der Waals surface area contributed by atoms with Gasteiger partial charge in [-0.2, -0.15) is 0 Å². The molecule has 0 aliphatic rings. The van der Waals surface area contributed by atoms with Crippen LogP contribution in [0.3, 0.4) is 0 Å². The summed E-state index contributed by atoms with van der Waals surface area (Å²) < 4.78 is 0. The summed E-state index contributed by atoms with van der Waals surface area (Å²) in [6.45, 7) is 0. The van der Waals surface area contributed by atoms with Crippen molar-refractivity contribution in [2.24, 2.45) is 0 Å². The van der Waals surface area contributed by atoms with Crippen LogP contribution in [0.5, 0.6) is 0 Å². The molecule has 0 saturated heterocycles. The predicted octanol–water partition coefficient (Wildman–Crippen LogP) is 3.46. The molecule has 7 heteroatoms. The van der Waals surface area contributed by atoms with Gasteiger partial charge in [-0.1, -0.05) is 0 Å². The van der Waals surface area contributed by atoms with Gasteiger partial charge in [0.05, 0.1) is 0 Å². The Balaban J connectivity index is 0. The zero-order valence-electron chi connectivity index (χ0n) is 2.86. The molecule has 0 spiro atoms. The molecule has 0 N–H and O–H groups in total. The van der Waals surface area contributed by atoms with E-state index in [0.717, 1.165) is 0 Å². The molecule has 0 saturated carbocycles. The van der Waals surface area contributed by atoms with Crippen molar-refractivity contribution in [3.63, 3.8) is 0 Å². The third kappa shape index (κ3) is 43.0. The Morgan fingerprint density at radius 3 is 0.286 bits per heavy atom. The molecule has 0 aromatic heterocycles. The Kier molecular flexibility index (Phi) is 599. The first-order chi connectivity index (χ1) is 0. The summed E-state index contributed by atoms with van der Waals surface area (Å²) >= 11 is 0. The van der Waals surface area contributed by atoms with E-state index in [2.05, 4.69) is 0 Å². The molecule has 0 aromatic carbocycles. The number of halogens is 6. The molecule has 0 bridgehead atoms. The van der Waals surface area contributed by atoms with Crippen LogP contribution in [0.25, 0.3) is 0 Å². The topological polar surface area (TPSA) is 0 Å². The molecular formula is H6Br6Mo. The largest absolute Gasteiger partial charge is 0.114 e. The van der Waals surface area contributed by atoms with Crippen molar-refractivity contribution in [1.29, 1.82) is 0 Å². The fourth-order valence-electron chi connectivity index (χ4n) is 0. The van der Waals surface area contributed by atoms with Crippen LogP contribution in [0, 0.1) is 0 Å². The second-order valence-electron chi connectivity index (χ2n) is 0. The average Bonchev–Trinajstić information content (AvgIpc) is 0. The van der Waals surface area contributed by atoms with Crippen LogP contribution >= 0.6 is 102 Å². The summed E-state index contributed by atoms with van der Waals surface area (Å²) in [5.41, 5.74) is 0. The van der Waals surface area contributed by atoms with Crippen LogP contribution in [0.4, 0.5) is 0 Å². The molecule has 0 rings (SSSR count). The molecule has 7 heavy (non-hydrogen) atoms. The van der Waals surface area contributed by atoms with Crippen LogP contribution in [0.15, 0.2) is 0 Å². The maximum atomic E-state index is 0. The van der Waals surface area contributed by atoms with E-state index in [4.69, 9.17) is 0 Å². The predicted molar refractivity (Wildman–Crippen MR) is 61.9 cm³/mol. The van der Waals surface area contributed by atoms with Crippen LogP contribution in [-0.2, 0) is 21.1 Å². The van der Waals surface area contributed by atoms with Gasteiger partial charge in [-0.3, -0.25) is 0 Å². The molecule has 0 amide bonds. The Bertz CT molecular complexity index is 4.14. The van der Waals surface area contributed by atoms with E-state index < -0.39 is 0 Å². The van der Waals surface area contributed by atoms with E-state index in [1.807, 2.05) is 0 Å². The zero-order chi connectivity index (χ0) is 0. The summed E-state index contributed by atoms with van der Waals surface area (Å²) in [5, 5.41) is 0.